The molecule has 0 aliphatic carbocycles. The lowest BCUT2D eigenvalue weighted by atomic mass is 9.99. The molecule has 1 fully saturated rings. The standard InChI is InChI=1S/C23H27F3N4S.2ClH/c1-13(2)8-17-11-18-22(27-12-28-23(18)31-17)29-16-4-6-30(7-5-16)14(3)21-19(25)9-15(24)10-20(21)26;;/h9-14,16H,4-8H2,1-3H3,(H,27,28,29);2*1H. The van der Waals surface area contributed by atoms with Crippen LogP contribution < -0.4 is 5.32 Å². The van der Waals surface area contributed by atoms with Crippen molar-refractivity contribution in [3.05, 3.63) is 52.4 Å². The number of hydrogen-bond donors (Lipinski definition) is 1. The summed E-state index contributed by atoms with van der Waals surface area (Å²) in [4.78, 5) is 13.2. The van der Waals surface area contributed by atoms with Crippen LogP contribution >= 0.6 is 36.2 Å². The van der Waals surface area contributed by atoms with Crippen LogP contribution in [0.3, 0.4) is 0 Å². The molecule has 1 unspecified atom stereocenters. The fraction of sp³-hybridized carbons (Fsp3) is 0.478. The summed E-state index contributed by atoms with van der Waals surface area (Å²) >= 11 is 1.71. The second kappa shape index (κ2) is 11.7. The summed E-state index contributed by atoms with van der Waals surface area (Å²) in [6, 6.07) is 3.44. The van der Waals surface area contributed by atoms with Crippen LogP contribution in [0, 0.1) is 23.4 Å². The zero-order chi connectivity index (χ0) is 22.1. The average Bonchev–Trinajstić information content (AvgIpc) is 3.10. The van der Waals surface area contributed by atoms with E-state index in [0.717, 1.165) is 47.4 Å². The topological polar surface area (TPSA) is 41.0 Å². The second-order valence-electron chi connectivity index (χ2n) is 8.67. The first-order valence-electron chi connectivity index (χ1n) is 10.7. The Morgan fingerprint density at radius 2 is 1.67 bits per heavy atom. The first kappa shape index (κ1) is 27.6. The number of likely N-dealkylation sites (tertiary alicyclic amines) is 1. The van der Waals surface area contributed by atoms with Gasteiger partial charge in [0.25, 0.3) is 0 Å². The monoisotopic (exact) mass is 520 g/mol. The van der Waals surface area contributed by atoms with Crippen molar-refractivity contribution in [2.75, 3.05) is 18.4 Å². The number of nitrogens with one attached hydrogen (secondary N) is 1. The normalized spacial score (nSPS) is 15.8. The van der Waals surface area contributed by atoms with E-state index in [-0.39, 0.29) is 36.4 Å². The Bertz CT molecular complexity index is 1050. The van der Waals surface area contributed by atoms with Crippen LogP contribution in [0.5, 0.6) is 0 Å². The lowest BCUT2D eigenvalue weighted by Crippen LogP contribution is -2.40. The molecule has 1 aliphatic heterocycles. The van der Waals surface area contributed by atoms with Gasteiger partial charge in [0.2, 0.25) is 0 Å². The van der Waals surface area contributed by atoms with Crippen molar-refractivity contribution in [1.29, 1.82) is 0 Å². The summed E-state index contributed by atoms with van der Waals surface area (Å²) < 4.78 is 41.6. The van der Waals surface area contributed by atoms with Gasteiger partial charge in [-0.3, -0.25) is 4.90 Å². The third-order valence-corrected chi connectivity index (χ3v) is 6.93. The largest absolute Gasteiger partial charge is 0.367 e. The zero-order valence-electron chi connectivity index (χ0n) is 18.8. The van der Waals surface area contributed by atoms with Gasteiger partial charge < -0.3 is 5.32 Å². The maximum atomic E-state index is 14.2. The first-order chi connectivity index (χ1) is 14.8. The molecule has 0 bridgehead atoms. The quantitative estimate of drug-likeness (QED) is 0.388. The summed E-state index contributed by atoms with van der Waals surface area (Å²) in [5.41, 5.74) is -0.0683. The fourth-order valence-electron chi connectivity index (χ4n) is 4.28. The Kier molecular flexibility index (Phi) is 9.79. The van der Waals surface area contributed by atoms with Crippen LogP contribution in [0.25, 0.3) is 10.2 Å². The number of anilines is 1. The van der Waals surface area contributed by atoms with E-state index in [1.807, 2.05) is 4.90 Å². The summed E-state index contributed by atoms with van der Waals surface area (Å²) in [7, 11) is 0. The first-order valence-corrected chi connectivity index (χ1v) is 11.5. The molecule has 1 atom stereocenters. The van der Waals surface area contributed by atoms with Crippen LogP contribution in [0.2, 0.25) is 0 Å². The highest BCUT2D eigenvalue weighted by molar-refractivity contribution is 7.18. The van der Waals surface area contributed by atoms with Crippen molar-refractivity contribution in [3.63, 3.8) is 0 Å². The van der Waals surface area contributed by atoms with E-state index in [9.17, 15) is 13.2 Å². The minimum Gasteiger partial charge on any atom is -0.367 e. The Hall–Kier alpha value is -1.61. The number of piperidine rings is 1. The van der Waals surface area contributed by atoms with E-state index in [1.165, 1.54) is 4.88 Å². The molecule has 1 aromatic carbocycles. The molecule has 0 radical (unpaired) electrons. The summed E-state index contributed by atoms with van der Waals surface area (Å²) in [6.45, 7) is 7.54. The molecule has 0 amide bonds. The Morgan fingerprint density at radius 1 is 1.03 bits per heavy atom. The van der Waals surface area contributed by atoms with Crippen LogP contribution in [0.4, 0.5) is 19.0 Å². The van der Waals surface area contributed by atoms with Crippen LogP contribution in [-0.2, 0) is 6.42 Å². The Labute approximate surface area is 208 Å². The van der Waals surface area contributed by atoms with E-state index in [2.05, 4.69) is 35.2 Å². The van der Waals surface area contributed by atoms with Crippen molar-refractivity contribution >= 4 is 52.2 Å². The number of thiophene rings is 1. The Morgan fingerprint density at radius 3 is 2.27 bits per heavy atom. The minimum atomic E-state index is -0.894. The minimum absolute atomic E-state index is 0. The van der Waals surface area contributed by atoms with Gasteiger partial charge in [0, 0.05) is 47.7 Å². The van der Waals surface area contributed by atoms with E-state index in [0.29, 0.717) is 19.0 Å². The molecule has 2 aromatic heterocycles. The molecular weight excluding hydrogens is 492 g/mol. The summed E-state index contributed by atoms with van der Waals surface area (Å²) in [5.74, 6) is -1.13. The Balaban J connectivity index is 0.00000193. The van der Waals surface area contributed by atoms with Crippen molar-refractivity contribution in [1.82, 2.24) is 14.9 Å². The SMILES string of the molecule is CC(C)Cc1cc2c(NC3CCN(C(C)c4c(F)cc(F)cc4F)CC3)ncnc2s1.Cl.Cl. The average molecular weight is 521 g/mol. The molecule has 182 valence electrons. The van der Waals surface area contributed by atoms with Crippen LogP contribution in [0.15, 0.2) is 24.5 Å². The smallest absolute Gasteiger partial charge is 0.138 e. The van der Waals surface area contributed by atoms with Crippen molar-refractivity contribution in [2.24, 2.45) is 5.92 Å². The maximum Gasteiger partial charge on any atom is 0.138 e. The van der Waals surface area contributed by atoms with Gasteiger partial charge >= 0.3 is 0 Å². The highest BCUT2D eigenvalue weighted by Crippen LogP contribution is 2.32. The van der Waals surface area contributed by atoms with Gasteiger partial charge in [-0.1, -0.05) is 13.8 Å². The molecule has 3 aromatic rings. The number of halogens is 5. The van der Waals surface area contributed by atoms with Gasteiger partial charge in [-0.15, -0.1) is 36.2 Å². The van der Waals surface area contributed by atoms with E-state index in [1.54, 1.807) is 24.6 Å². The van der Waals surface area contributed by atoms with Crippen LogP contribution in [0.1, 0.15) is 50.1 Å². The summed E-state index contributed by atoms with van der Waals surface area (Å²) in [5, 5.41) is 4.60. The third-order valence-electron chi connectivity index (χ3n) is 5.87. The lowest BCUT2D eigenvalue weighted by molar-refractivity contribution is 0.161. The van der Waals surface area contributed by atoms with Gasteiger partial charge in [-0.25, -0.2) is 23.1 Å². The highest BCUT2D eigenvalue weighted by Gasteiger charge is 2.28. The van der Waals surface area contributed by atoms with Crippen LogP contribution in [-0.4, -0.2) is 34.0 Å². The molecule has 1 aliphatic rings. The molecule has 1 N–H and O–H groups in total. The predicted octanol–water partition coefficient (Wildman–Crippen LogP) is 6.79. The van der Waals surface area contributed by atoms with Gasteiger partial charge in [-0.2, -0.15) is 0 Å². The van der Waals surface area contributed by atoms with E-state index >= 15 is 0 Å². The third kappa shape index (κ3) is 6.29. The number of rotatable bonds is 6. The predicted molar refractivity (Wildman–Crippen MR) is 133 cm³/mol. The van der Waals surface area contributed by atoms with E-state index in [4.69, 9.17) is 0 Å². The molecule has 10 heteroatoms. The molecule has 4 rings (SSSR count). The maximum absolute atomic E-state index is 14.2. The highest BCUT2D eigenvalue weighted by atomic mass is 35.5. The molecule has 0 saturated carbocycles. The summed E-state index contributed by atoms with van der Waals surface area (Å²) in [6.07, 6.45) is 4.26. The van der Waals surface area contributed by atoms with Gasteiger partial charge in [0.05, 0.1) is 5.39 Å². The lowest BCUT2D eigenvalue weighted by Gasteiger charge is -2.36. The molecule has 33 heavy (non-hydrogen) atoms. The molecule has 1 saturated heterocycles. The fourth-order valence-corrected chi connectivity index (χ4v) is 5.49. The van der Waals surface area contributed by atoms with Crippen molar-refractivity contribution in [2.45, 2.75) is 52.1 Å². The van der Waals surface area contributed by atoms with Gasteiger partial charge in [-0.05, 0) is 38.2 Å². The zero-order valence-corrected chi connectivity index (χ0v) is 21.2. The number of fused-ring (bicyclic) bond motifs is 1. The molecule has 3 heterocycles. The number of benzene rings is 1. The second-order valence-corrected chi connectivity index (χ2v) is 9.78. The molecule has 0 spiro atoms. The number of nitrogens with zero attached hydrogens (tertiary/aromatic N) is 3. The van der Waals surface area contributed by atoms with E-state index < -0.39 is 23.5 Å². The number of hydrogen-bond acceptors (Lipinski definition) is 5. The molecular formula is C23H29Cl2F3N4S. The van der Waals surface area contributed by atoms with Gasteiger partial charge in [0.1, 0.15) is 34.4 Å². The molecule has 4 nitrogen and oxygen atoms in total. The van der Waals surface area contributed by atoms with Gasteiger partial charge in [0.15, 0.2) is 0 Å². The van der Waals surface area contributed by atoms with Crippen molar-refractivity contribution < 1.29 is 13.2 Å². The number of aromatic nitrogens is 2. The van der Waals surface area contributed by atoms with Crippen molar-refractivity contribution in [3.8, 4) is 0 Å².